The normalized spacial score (nSPS) is 10.7. The van der Waals surface area contributed by atoms with Gasteiger partial charge in [0.2, 0.25) is 0 Å². The van der Waals surface area contributed by atoms with Crippen molar-refractivity contribution >= 4 is 11.0 Å². The summed E-state index contributed by atoms with van der Waals surface area (Å²) in [6, 6.07) is 17.3. The second-order valence-electron chi connectivity index (χ2n) is 4.28. The summed E-state index contributed by atoms with van der Waals surface area (Å²) in [7, 11) is 0. The fourth-order valence-corrected chi connectivity index (χ4v) is 2.06. The van der Waals surface area contributed by atoms with Gasteiger partial charge in [-0.15, -0.1) is 0 Å². The van der Waals surface area contributed by atoms with Crippen LogP contribution >= 0.6 is 0 Å². The number of rotatable bonds is 2. The lowest BCUT2D eigenvalue weighted by atomic mass is 10.0. The van der Waals surface area contributed by atoms with Gasteiger partial charge in [-0.25, -0.2) is 4.79 Å². The maximum Gasteiger partial charge on any atom is 0.343 e. The summed E-state index contributed by atoms with van der Waals surface area (Å²) < 4.78 is 5.22. The Labute approximate surface area is 109 Å². The average Bonchev–Trinajstić information content (AvgIpc) is 2.45. The van der Waals surface area contributed by atoms with Gasteiger partial charge in [0.15, 0.2) is 0 Å². The quantitative estimate of drug-likeness (QED) is 0.712. The average molecular weight is 251 g/mol. The van der Waals surface area contributed by atoms with E-state index in [4.69, 9.17) is 4.42 Å². The van der Waals surface area contributed by atoms with Crippen molar-refractivity contribution in [1.82, 2.24) is 0 Å². The zero-order chi connectivity index (χ0) is 13.2. The van der Waals surface area contributed by atoms with Crippen molar-refractivity contribution in [2.45, 2.75) is 6.42 Å². The lowest BCUT2D eigenvalue weighted by molar-refractivity contribution is 0.458. The van der Waals surface area contributed by atoms with Crippen molar-refractivity contribution in [2.24, 2.45) is 0 Å². The van der Waals surface area contributed by atoms with E-state index in [-0.39, 0.29) is 11.3 Å². The number of hydrogen-bond acceptors (Lipinski definition) is 3. The number of fused-ring (bicyclic) bond motifs is 1. The Hall–Kier alpha value is -2.55. The van der Waals surface area contributed by atoms with E-state index in [1.165, 1.54) is 0 Å². The Bertz CT molecular complexity index is 773. The summed E-state index contributed by atoms with van der Waals surface area (Å²) in [5.41, 5.74) is 0.987. The first-order chi connectivity index (χ1) is 9.25. The van der Waals surface area contributed by atoms with Gasteiger partial charge >= 0.3 is 5.63 Å². The van der Waals surface area contributed by atoms with E-state index in [9.17, 15) is 9.90 Å². The smallest absolute Gasteiger partial charge is 0.343 e. The second-order valence-corrected chi connectivity index (χ2v) is 4.28. The molecule has 1 N–H and O–H groups in total. The molecule has 2 aromatic carbocycles. The molecule has 0 unspecified atom stereocenters. The van der Waals surface area contributed by atoms with Crippen LogP contribution in [0.15, 0.2) is 57.7 Å². The minimum Gasteiger partial charge on any atom is -0.507 e. The van der Waals surface area contributed by atoms with Crippen LogP contribution in [-0.2, 0) is 6.42 Å². The molecule has 0 saturated carbocycles. The van der Waals surface area contributed by atoms with E-state index >= 15 is 0 Å². The predicted molar refractivity (Wildman–Crippen MR) is 72.2 cm³/mol. The molecule has 0 amide bonds. The van der Waals surface area contributed by atoms with Crippen LogP contribution in [0.3, 0.4) is 0 Å². The van der Waals surface area contributed by atoms with Gasteiger partial charge in [0.25, 0.3) is 0 Å². The zero-order valence-corrected chi connectivity index (χ0v) is 10.1. The van der Waals surface area contributed by atoms with Crippen LogP contribution in [0.2, 0.25) is 0 Å². The van der Waals surface area contributed by atoms with Crippen molar-refractivity contribution in [1.29, 1.82) is 0 Å². The van der Waals surface area contributed by atoms with Crippen molar-refractivity contribution in [3.05, 3.63) is 76.1 Å². The number of para-hydroxylation sites is 1. The lowest BCUT2D eigenvalue weighted by Crippen LogP contribution is -2.08. The molecule has 0 aliphatic rings. The molecule has 0 fully saturated rings. The third kappa shape index (κ3) is 2.10. The molecular formula is C16H11O3. The molecule has 3 aromatic rings. The van der Waals surface area contributed by atoms with Crippen LogP contribution in [0.4, 0.5) is 0 Å². The van der Waals surface area contributed by atoms with Gasteiger partial charge in [-0.05, 0) is 23.8 Å². The first kappa shape index (κ1) is 11.5. The highest BCUT2D eigenvalue weighted by Gasteiger charge is 2.13. The highest BCUT2D eigenvalue weighted by molar-refractivity contribution is 5.84. The van der Waals surface area contributed by atoms with E-state index in [0.717, 1.165) is 5.56 Å². The SMILES string of the molecule is O=c1oc2ccccc2c(O)c1Cc1[c]cccc1. The molecule has 0 aliphatic heterocycles. The molecule has 93 valence electrons. The second kappa shape index (κ2) is 4.61. The highest BCUT2D eigenvalue weighted by Crippen LogP contribution is 2.27. The van der Waals surface area contributed by atoms with E-state index in [1.807, 2.05) is 18.2 Å². The minimum atomic E-state index is -0.506. The van der Waals surface area contributed by atoms with Gasteiger partial charge in [-0.1, -0.05) is 36.4 Å². The predicted octanol–water partition coefficient (Wildman–Crippen LogP) is 2.89. The van der Waals surface area contributed by atoms with Crippen molar-refractivity contribution in [3.8, 4) is 5.75 Å². The van der Waals surface area contributed by atoms with Crippen LogP contribution < -0.4 is 5.63 Å². The minimum absolute atomic E-state index is 0.0101. The first-order valence-corrected chi connectivity index (χ1v) is 5.95. The molecular weight excluding hydrogens is 240 g/mol. The number of hydrogen-bond donors (Lipinski definition) is 1. The number of aromatic hydroxyl groups is 1. The Balaban J connectivity index is 2.16. The molecule has 3 heteroatoms. The molecule has 0 bridgehead atoms. The summed E-state index contributed by atoms with van der Waals surface area (Å²) in [6.45, 7) is 0. The van der Waals surface area contributed by atoms with Gasteiger partial charge in [0.1, 0.15) is 11.3 Å². The van der Waals surface area contributed by atoms with E-state index in [1.54, 1.807) is 30.3 Å². The third-order valence-corrected chi connectivity index (χ3v) is 3.02. The fourth-order valence-electron chi connectivity index (χ4n) is 2.06. The molecule has 0 atom stereocenters. The van der Waals surface area contributed by atoms with E-state index in [2.05, 4.69) is 6.07 Å². The maximum absolute atomic E-state index is 11.9. The summed E-state index contributed by atoms with van der Waals surface area (Å²) in [6.07, 6.45) is 0.305. The summed E-state index contributed by atoms with van der Waals surface area (Å²) in [4.78, 5) is 11.9. The van der Waals surface area contributed by atoms with E-state index in [0.29, 0.717) is 17.4 Å². The summed E-state index contributed by atoms with van der Waals surface area (Å²) in [5.74, 6) is -0.0101. The van der Waals surface area contributed by atoms with Crippen LogP contribution in [0.1, 0.15) is 11.1 Å². The molecule has 0 saturated heterocycles. The molecule has 0 aliphatic carbocycles. The molecule has 3 rings (SSSR count). The van der Waals surface area contributed by atoms with Crippen LogP contribution in [0.25, 0.3) is 11.0 Å². The lowest BCUT2D eigenvalue weighted by Gasteiger charge is -2.06. The van der Waals surface area contributed by atoms with E-state index < -0.39 is 5.63 Å². The molecule has 19 heavy (non-hydrogen) atoms. The molecule has 0 spiro atoms. The summed E-state index contributed by atoms with van der Waals surface area (Å²) in [5, 5.41) is 10.8. The Morgan fingerprint density at radius 1 is 1.11 bits per heavy atom. The van der Waals surface area contributed by atoms with Gasteiger partial charge in [0.05, 0.1) is 10.9 Å². The molecule has 1 aromatic heterocycles. The highest BCUT2D eigenvalue weighted by atomic mass is 16.4. The fraction of sp³-hybridized carbons (Fsp3) is 0.0625. The monoisotopic (exact) mass is 251 g/mol. The van der Waals surface area contributed by atoms with Gasteiger partial charge in [0, 0.05) is 6.42 Å². The van der Waals surface area contributed by atoms with Gasteiger partial charge in [-0.2, -0.15) is 0 Å². The van der Waals surface area contributed by atoms with Crippen molar-refractivity contribution in [2.75, 3.05) is 0 Å². The molecule has 1 heterocycles. The van der Waals surface area contributed by atoms with Crippen molar-refractivity contribution < 1.29 is 9.52 Å². The van der Waals surface area contributed by atoms with Crippen LogP contribution in [0.5, 0.6) is 5.75 Å². The van der Waals surface area contributed by atoms with Crippen LogP contribution in [-0.4, -0.2) is 5.11 Å². The molecule has 1 radical (unpaired) electrons. The summed E-state index contributed by atoms with van der Waals surface area (Å²) >= 11 is 0. The standard InChI is InChI=1S/C16H11O3/c17-15-12-8-4-5-9-14(12)19-16(18)13(15)10-11-6-2-1-3-7-11/h1-6,8-9,17H,10H2. The Kier molecular flexibility index (Phi) is 2.80. The molecule has 3 nitrogen and oxygen atoms in total. The zero-order valence-electron chi connectivity index (χ0n) is 10.1. The Morgan fingerprint density at radius 3 is 2.68 bits per heavy atom. The largest absolute Gasteiger partial charge is 0.507 e. The van der Waals surface area contributed by atoms with Gasteiger partial charge in [-0.3, -0.25) is 0 Å². The maximum atomic E-state index is 11.9. The van der Waals surface area contributed by atoms with Gasteiger partial charge < -0.3 is 9.52 Å². The van der Waals surface area contributed by atoms with Crippen molar-refractivity contribution in [3.63, 3.8) is 0 Å². The Morgan fingerprint density at radius 2 is 1.89 bits per heavy atom. The number of benzene rings is 2. The topological polar surface area (TPSA) is 50.4 Å². The third-order valence-electron chi connectivity index (χ3n) is 3.02. The first-order valence-electron chi connectivity index (χ1n) is 5.95. The van der Waals surface area contributed by atoms with Crippen LogP contribution in [0, 0.1) is 6.07 Å².